The zero-order valence-corrected chi connectivity index (χ0v) is 11.7. The number of hydrogen-bond acceptors (Lipinski definition) is 5. The van der Waals surface area contributed by atoms with E-state index in [1.807, 2.05) is 0 Å². The summed E-state index contributed by atoms with van der Waals surface area (Å²) in [5.41, 5.74) is 0.297. The predicted octanol–water partition coefficient (Wildman–Crippen LogP) is 2.53. The molecule has 2 atom stereocenters. The van der Waals surface area contributed by atoms with Crippen molar-refractivity contribution in [3.05, 3.63) is 17.6 Å². The van der Waals surface area contributed by atoms with Crippen molar-refractivity contribution in [2.75, 3.05) is 7.11 Å². The maximum Gasteiger partial charge on any atom is 0.344 e. The van der Waals surface area contributed by atoms with Crippen molar-refractivity contribution in [1.29, 1.82) is 0 Å². The third kappa shape index (κ3) is 3.22. The second-order valence-electron chi connectivity index (χ2n) is 5.05. The first-order chi connectivity index (χ1) is 9.11. The van der Waals surface area contributed by atoms with E-state index in [1.165, 1.54) is 19.7 Å². The number of esters is 1. The Morgan fingerprint density at radius 3 is 2.79 bits per heavy atom. The van der Waals surface area contributed by atoms with Crippen molar-refractivity contribution in [2.45, 2.75) is 45.6 Å². The molecule has 19 heavy (non-hydrogen) atoms. The highest BCUT2D eigenvalue weighted by molar-refractivity contribution is 5.91. The van der Waals surface area contributed by atoms with Gasteiger partial charge in [0.15, 0.2) is 0 Å². The maximum atomic E-state index is 11.7. The van der Waals surface area contributed by atoms with Crippen LogP contribution in [0.1, 0.15) is 48.8 Å². The highest BCUT2D eigenvalue weighted by Gasteiger charge is 2.26. The highest BCUT2D eigenvalue weighted by Crippen LogP contribution is 2.28. The van der Waals surface area contributed by atoms with Gasteiger partial charge in [-0.25, -0.2) is 9.78 Å². The Morgan fingerprint density at radius 1 is 1.37 bits per heavy atom. The van der Waals surface area contributed by atoms with Gasteiger partial charge in [0.05, 0.1) is 7.11 Å². The fraction of sp³-hybridized carbons (Fsp3) is 0.643. The van der Waals surface area contributed by atoms with Crippen LogP contribution in [0.15, 0.2) is 6.20 Å². The van der Waals surface area contributed by atoms with Crippen LogP contribution >= 0.6 is 0 Å². The highest BCUT2D eigenvalue weighted by atomic mass is 16.5. The third-order valence-electron chi connectivity index (χ3n) is 3.58. The largest absolute Gasteiger partial charge is 0.473 e. The molecule has 0 aromatic carbocycles. The van der Waals surface area contributed by atoms with Gasteiger partial charge in [-0.3, -0.25) is 0 Å². The average Bonchev–Trinajstić information content (AvgIpc) is 2.41. The van der Waals surface area contributed by atoms with Gasteiger partial charge in [-0.2, -0.15) is 4.98 Å². The van der Waals surface area contributed by atoms with Crippen molar-refractivity contribution >= 4 is 5.97 Å². The first-order valence-electron chi connectivity index (χ1n) is 6.70. The van der Waals surface area contributed by atoms with Crippen LogP contribution in [0, 0.1) is 12.8 Å². The number of hydrogen-bond donors (Lipinski definition) is 0. The summed E-state index contributed by atoms with van der Waals surface area (Å²) in [6, 6.07) is 0. The van der Waals surface area contributed by atoms with Crippen molar-refractivity contribution in [2.24, 2.45) is 5.92 Å². The quantitative estimate of drug-likeness (QED) is 0.785. The van der Waals surface area contributed by atoms with Crippen LogP contribution in [-0.2, 0) is 4.74 Å². The molecule has 0 N–H and O–H groups in total. The SMILES string of the molecule is COC(=O)c1cnc(C)nc1OC1CCCCC1C. The van der Waals surface area contributed by atoms with Crippen molar-refractivity contribution in [1.82, 2.24) is 9.97 Å². The van der Waals surface area contributed by atoms with Crippen LogP contribution in [0.4, 0.5) is 0 Å². The summed E-state index contributed by atoms with van der Waals surface area (Å²) in [5.74, 6) is 0.956. The molecule has 0 radical (unpaired) electrons. The number of ether oxygens (including phenoxy) is 2. The van der Waals surface area contributed by atoms with Crippen LogP contribution in [0.2, 0.25) is 0 Å². The van der Waals surface area contributed by atoms with Gasteiger partial charge in [0, 0.05) is 6.20 Å². The number of aromatic nitrogens is 2. The number of aryl methyl sites for hydroxylation is 1. The average molecular weight is 264 g/mol. The normalized spacial score (nSPS) is 22.9. The Hall–Kier alpha value is -1.65. The number of carbonyl (C=O) groups is 1. The Labute approximate surface area is 113 Å². The lowest BCUT2D eigenvalue weighted by Gasteiger charge is -2.29. The summed E-state index contributed by atoms with van der Waals surface area (Å²) in [5, 5.41) is 0. The fourth-order valence-electron chi connectivity index (χ4n) is 2.39. The van der Waals surface area contributed by atoms with Crippen molar-refractivity contribution in [3.8, 4) is 5.88 Å². The van der Waals surface area contributed by atoms with E-state index in [0.29, 0.717) is 23.2 Å². The topological polar surface area (TPSA) is 61.3 Å². The lowest BCUT2D eigenvalue weighted by atomic mass is 9.88. The minimum Gasteiger partial charge on any atom is -0.473 e. The molecule has 104 valence electrons. The molecular formula is C14H20N2O3. The summed E-state index contributed by atoms with van der Waals surface area (Å²) < 4.78 is 10.7. The zero-order valence-electron chi connectivity index (χ0n) is 11.7. The third-order valence-corrected chi connectivity index (χ3v) is 3.58. The van der Waals surface area contributed by atoms with Gasteiger partial charge < -0.3 is 9.47 Å². The van der Waals surface area contributed by atoms with Gasteiger partial charge in [0.2, 0.25) is 5.88 Å². The zero-order chi connectivity index (χ0) is 13.8. The molecular weight excluding hydrogens is 244 g/mol. The van der Waals surface area contributed by atoms with Gasteiger partial charge in [0.1, 0.15) is 17.5 Å². The molecule has 1 saturated carbocycles. The minimum absolute atomic E-state index is 0.117. The molecule has 0 saturated heterocycles. The van der Waals surface area contributed by atoms with Gasteiger partial charge in [-0.15, -0.1) is 0 Å². The van der Waals surface area contributed by atoms with E-state index in [1.54, 1.807) is 6.92 Å². The van der Waals surface area contributed by atoms with E-state index in [4.69, 9.17) is 9.47 Å². The van der Waals surface area contributed by atoms with Crippen LogP contribution in [0.3, 0.4) is 0 Å². The Kier molecular flexibility index (Phi) is 4.35. The molecule has 1 aromatic rings. The molecule has 2 rings (SSSR count). The first-order valence-corrected chi connectivity index (χ1v) is 6.70. The molecule has 0 aliphatic heterocycles. The van der Waals surface area contributed by atoms with E-state index in [2.05, 4.69) is 16.9 Å². The summed E-state index contributed by atoms with van der Waals surface area (Å²) in [7, 11) is 1.34. The number of methoxy groups -OCH3 is 1. The Balaban J connectivity index is 2.22. The van der Waals surface area contributed by atoms with Crippen LogP contribution < -0.4 is 4.74 Å². The van der Waals surface area contributed by atoms with Gasteiger partial charge in [-0.1, -0.05) is 13.3 Å². The van der Waals surface area contributed by atoms with Gasteiger partial charge >= 0.3 is 5.97 Å². The van der Waals surface area contributed by atoms with Crippen LogP contribution in [-0.4, -0.2) is 29.2 Å². The second kappa shape index (κ2) is 5.99. The van der Waals surface area contributed by atoms with E-state index in [9.17, 15) is 4.79 Å². The molecule has 5 nitrogen and oxygen atoms in total. The molecule has 5 heteroatoms. The van der Waals surface area contributed by atoms with Crippen molar-refractivity contribution < 1.29 is 14.3 Å². The first kappa shape index (κ1) is 13.8. The molecule has 1 aliphatic rings. The summed E-state index contributed by atoms with van der Waals surface area (Å²) in [4.78, 5) is 20.0. The second-order valence-corrected chi connectivity index (χ2v) is 5.05. The van der Waals surface area contributed by atoms with E-state index in [0.717, 1.165) is 19.3 Å². The lowest BCUT2D eigenvalue weighted by molar-refractivity contribution is 0.0575. The summed E-state index contributed by atoms with van der Waals surface area (Å²) in [6.45, 7) is 3.95. The molecule has 0 amide bonds. The molecule has 2 unspecified atom stereocenters. The van der Waals surface area contributed by atoms with Crippen molar-refractivity contribution in [3.63, 3.8) is 0 Å². The smallest absolute Gasteiger partial charge is 0.344 e. The fourth-order valence-corrected chi connectivity index (χ4v) is 2.39. The van der Waals surface area contributed by atoms with Gasteiger partial charge in [-0.05, 0) is 32.1 Å². The van der Waals surface area contributed by atoms with E-state index < -0.39 is 5.97 Å². The Bertz CT molecular complexity index is 462. The minimum atomic E-state index is -0.460. The number of nitrogens with zero attached hydrogens (tertiary/aromatic N) is 2. The number of rotatable bonds is 3. The summed E-state index contributed by atoms with van der Waals surface area (Å²) >= 11 is 0. The molecule has 1 heterocycles. The molecule has 0 bridgehead atoms. The summed E-state index contributed by atoms with van der Waals surface area (Å²) in [6.07, 6.45) is 6.15. The molecule has 0 spiro atoms. The molecule has 1 aliphatic carbocycles. The Morgan fingerprint density at radius 2 is 2.11 bits per heavy atom. The van der Waals surface area contributed by atoms with Crippen LogP contribution in [0.25, 0.3) is 0 Å². The standard InChI is InChI=1S/C14H20N2O3/c1-9-6-4-5-7-12(9)19-13-11(14(17)18-3)8-15-10(2)16-13/h8-9,12H,4-7H2,1-3H3. The monoisotopic (exact) mass is 264 g/mol. The lowest BCUT2D eigenvalue weighted by Crippen LogP contribution is -2.29. The maximum absolute atomic E-state index is 11.7. The molecule has 1 aromatic heterocycles. The molecule has 1 fully saturated rings. The van der Waals surface area contributed by atoms with Crippen LogP contribution in [0.5, 0.6) is 5.88 Å². The number of carbonyl (C=O) groups excluding carboxylic acids is 1. The van der Waals surface area contributed by atoms with E-state index >= 15 is 0 Å². The van der Waals surface area contributed by atoms with Gasteiger partial charge in [0.25, 0.3) is 0 Å². The predicted molar refractivity (Wildman–Crippen MR) is 70.2 cm³/mol. The van der Waals surface area contributed by atoms with E-state index in [-0.39, 0.29) is 6.10 Å².